The highest BCUT2D eigenvalue weighted by Crippen LogP contribution is 2.57. The highest BCUT2D eigenvalue weighted by atomic mass is 32.2. The summed E-state index contributed by atoms with van der Waals surface area (Å²) in [5.74, 6) is 0.828. The molecule has 0 bridgehead atoms. The van der Waals surface area contributed by atoms with Crippen LogP contribution >= 0.6 is 0 Å². The van der Waals surface area contributed by atoms with Gasteiger partial charge in [-0.3, -0.25) is 9.69 Å². The zero-order chi connectivity index (χ0) is 27.1. The van der Waals surface area contributed by atoms with Gasteiger partial charge >= 0.3 is 0 Å². The van der Waals surface area contributed by atoms with E-state index < -0.39 is 26.9 Å². The van der Waals surface area contributed by atoms with Gasteiger partial charge in [0.25, 0.3) is 0 Å². The van der Waals surface area contributed by atoms with E-state index in [0.717, 1.165) is 57.2 Å². The summed E-state index contributed by atoms with van der Waals surface area (Å²) in [6.07, 6.45) is 6.91. The smallest absolute Gasteiger partial charge is 0.239 e. The lowest BCUT2D eigenvalue weighted by atomic mass is 9.63. The largest absolute Gasteiger partial charge is 0.388 e. The third-order valence-corrected chi connectivity index (χ3v) is 11.7. The molecular weight excluding hydrogens is 502 g/mol. The summed E-state index contributed by atoms with van der Waals surface area (Å²) in [5, 5.41) is 13.5. The van der Waals surface area contributed by atoms with Crippen molar-refractivity contribution in [2.45, 2.75) is 86.5 Å². The molecule has 3 fully saturated rings. The number of hydrogen-bond acceptors (Lipinski definition) is 8. The first-order valence-electron chi connectivity index (χ1n) is 13.6. The molecule has 1 saturated heterocycles. The Balaban J connectivity index is 1.18. The third-order valence-electron chi connectivity index (χ3n) is 9.55. The van der Waals surface area contributed by atoms with E-state index in [1.807, 2.05) is 6.92 Å². The van der Waals surface area contributed by atoms with Crippen molar-refractivity contribution in [3.8, 4) is 0 Å². The Labute approximate surface area is 224 Å². The summed E-state index contributed by atoms with van der Waals surface area (Å²) in [6.45, 7) is 7.29. The van der Waals surface area contributed by atoms with E-state index in [1.165, 1.54) is 0 Å². The summed E-state index contributed by atoms with van der Waals surface area (Å²) >= 11 is 0. The molecule has 2 spiro atoms. The number of piperidine rings is 1. The van der Waals surface area contributed by atoms with Gasteiger partial charge in [-0.1, -0.05) is 0 Å². The van der Waals surface area contributed by atoms with Crippen LogP contribution in [0.5, 0.6) is 0 Å². The van der Waals surface area contributed by atoms with Gasteiger partial charge in [0.1, 0.15) is 5.82 Å². The van der Waals surface area contributed by atoms with Crippen molar-refractivity contribution in [1.29, 1.82) is 0 Å². The molecule has 4 aliphatic rings. The van der Waals surface area contributed by atoms with Crippen LogP contribution in [0.25, 0.3) is 0 Å². The number of likely N-dealkylation sites (tertiary alicyclic amines) is 1. The van der Waals surface area contributed by atoms with Crippen LogP contribution in [0.4, 0.5) is 17.5 Å². The van der Waals surface area contributed by atoms with Crippen molar-refractivity contribution >= 4 is 33.2 Å². The standard InChI is InChI=1S/C28H37N5O4S/c1-18(26(2,3)35)33-23-22(28(9-10-28)24(33)34)17-29-25(31-23)30-19-5-7-20(8-6-19)38(36,37)21-15-27(16-21)11-13-32(4)14-12-27/h5-8,17-18,21,35H,9-16H2,1-4H3,(H,29,30,31). The minimum atomic E-state index is -3.37. The zero-order valence-electron chi connectivity index (χ0n) is 22.6. The first kappa shape index (κ1) is 25.7. The number of carbonyl (C=O) groups is 1. The number of amides is 1. The first-order valence-corrected chi connectivity index (χ1v) is 15.1. The van der Waals surface area contributed by atoms with Crippen molar-refractivity contribution in [1.82, 2.24) is 14.9 Å². The molecule has 9 nitrogen and oxygen atoms in total. The van der Waals surface area contributed by atoms with Crippen LogP contribution in [0.3, 0.4) is 0 Å². The summed E-state index contributed by atoms with van der Waals surface area (Å²) in [5.41, 5.74) is 0.0241. The van der Waals surface area contributed by atoms with E-state index in [0.29, 0.717) is 22.3 Å². The van der Waals surface area contributed by atoms with Gasteiger partial charge in [0.05, 0.1) is 27.2 Å². The second-order valence-electron chi connectivity index (χ2n) is 12.5. The molecule has 2 aliphatic carbocycles. The van der Waals surface area contributed by atoms with E-state index in [9.17, 15) is 18.3 Å². The Bertz CT molecular complexity index is 1360. The molecular formula is C28H37N5O4S. The van der Waals surface area contributed by atoms with Crippen LogP contribution in [0.1, 0.15) is 64.9 Å². The Morgan fingerprint density at radius 1 is 1.11 bits per heavy atom. The predicted molar refractivity (Wildman–Crippen MR) is 145 cm³/mol. The van der Waals surface area contributed by atoms with Crippen LogP contribution < -0.4 is 10.2 Å². The van der Waals surface area contributed by atoms with E-state index in [1.54, 1.807) is 49.2 Å². The molecule has 6 rings (SSSR count). The number of fused-ring (bicyclic) bond motifs is 2. The highest BCUT2D eigenvalue weighted by molar-refractivity contribution is 7.92. The molecule has 2 aromatic rings. The molecule has 1 atom stereocenters. The van der Waals surface area contributed by atoms with Crippen molar-refractivity contribution < 1.29 is 18.3 Å². The van der Waals surface area contributed by atoms with Crippen LogP contribution in [-0.4, -0.2) is 71.3 Å². The number of aliphatic hydroxyl groups is 1. The molecule has 3 heterocycles. The number of nitrogens with zero attached hydrogens (tertiary/aromatic N) is 4. The third kappa shape index (κ3) is 4.03. The molecule has 2 saturated carbocycles. The molecule has 0 radical (unpaired) electrons. The van der Waals surface area contributed by atoms with Gasteiger partial charge in [-0.05, 0) is 109 Å². The summed E-state index contributed by atoms with van der Waals surface area (Å²) in [4.78, 5) is 26.7. The summed E-state index contributed by atoms with van der Waals surface area (Å²) in [7, 11) is -1.25. The Morgan fingerprint density at radius 3 is 2.32 bits per heavy atom. The SMILES string of the molecule is CC(N1C(=O)C2(CC2)c2cnc(Nc3ccc(S(=O)(=O)C4CC5(CCN(C)CC5)C4)cc3)nc21)C(C)(C)O. The number of anilines is 3. The van der Waals surface area contributed by atoms with E-state index in [-0.39, 0.29) is 16.6 Å². The molecule has 1 aromatic carbocycles. The van der Waals surface area contributed by atoms with Gasteiger partial charge in [-0.15, -0.1) is 0 Å². The van der Waals surface area contributed by atoms with E-state index >= 15 is 0 Å². The number of nitrogens with one attached hydrogen (secondary N) is 1. The molecule has 10 heteroatoms. The number of carbonyl (C=O) groups excluding carboxylic acids is 1. The van der Waals surface area contributed by atoms with Crippen LogP contribution in [0, 0.1) is 5.41 Å². The topological polar surface area (TPSA) is 116 Å². The molecule has 2 N–H and O–H groups in total. The van der Waals surface area contributed by atoms with Crippen molar-refractivity contribution in [2.24, 2.45) is 5.41 Å². The second kappa shape index (κ2) is 8.47. The average Bonchev–Trinajstić information content (AvgIpc) is 3.61. The maximum atomic E-state index is 13.3. The predicted octanol–water partition coefficient (Wildman–Crippen LogP) is 3.41. The van der Waals surface area contributed by atoms with Crippen molar-refractivity contribution in [3.05, 3.63) is 36.0 Å². The fraction of sp³-hybridized carbons (Fsp3) is 0.607. The Morgan fingerprint density at radius 2 is 1.74 bits per heavy atom. The van der Waals surface area contributed by atoms with Gasteiger partial charge in [0.2, 0.25) is 11.9 Å². The number of rotatable bonds is 6. The van der Waals surface area contributed by atoms with Gasteiger partial charge in [0.15, 0.2) is 9.84 Å². The number of aromatic nitrogens is 2. The Hall–Kier alpha value is -2.56. The molecule has 1 amide bonds. The Kier molecular flexibility index (Phi) is 5.73. The van der Waals surface area contributed by atoms with Gasteiger partial charge in [-0.25, -0.2) is 13.4 Å². The number of sulfone groups is 1. The summed E-state index contributed by atoms with van der Waals surface area (Å²) < 4.78 is 26.5. The minimum Gasteiger partial charge on any atom is -0.388 e. The van der Waals surface area contributed by atoms with E-state index in [4.69, 9.17) is 0 Å². The number of hydrogen-bond donors (Lipinski definition) is 2. The maximum Gasteiger partial charge on any atom is 0.239 e. The molecule has 38 heavy (non-hydrogen) atoms. The van der Waals surface area contributed by atoms with Crippen LogP contribution in [0.15, 0.2) is 35.4 Å². The maximum absolute atomic E-state index is 13.3. The highest BCUT2D eigenvalue weighted by Gasteiger charge is 2.62. The van der Waals surface area contributed by atoms with Gasteiger partial charge < -0.3 is 15.3 Å². The molecule has 1 aromatic heterocycles. The lowest BCUT2D eigenvalue weighted by Gasteiger charge is -2.51. The van der Waals surface area contributed by atoms with Gasteiger partial charge in [0, 0.05) is 17.4 Å². The molecule has 1 unspecified atom stereocenters. The lowest BCUT2D eigenvalue weighted by Crippen LogP contribution is -2.50. The fourth-order valence-corrected chi connectivity index (χ4v) is 8.40. The first-order chi connectivity index (χ1) is 17.8. The monoisotopic (exact) mass is 539 g/mol. The fourth-order valence-electron chi connectivity index (χ4n) is 6.36. The quantitative estimate of drug-likeness (QED) is 0.574. The second-order valence-corrected chi connectivity index (χ2v) is 14.8. The average molecular weight is 540 g/mol. The summed E-state index contributed by atoms with van der Waals surface area (Å²) in [6, 6.07) is 6.31. The minimum absolute atomic E-state index is 0.0267. The van der Waals surface area contributed by atoms with Gasteiger partial charge in [-0.2, -0.15) is 4.98 Å². The zero-order valence-corrected chi connectivity index (χ0v) is 23.4. The lowest BCUT2D eigenvalue weighted by molar-refractivity contribution is -0.121. The van der Waals surface area contributed by atoms with Crippen LogP contribution in [-0.2, 0) is 20.0 Å². The van der Waals surface area contributed by atoms with Crippen molar-refractivity contribution in [3.63, 3.8) is 0 Å². The van der Waals surface area contributed by atoms with Crippen LogP contribution in [0.2, 0.25) is 0 Å². The normalized spacial score (nSPS) is 23.4. The molecule has 204 valence electrons. The van der Waals surface area contributed by atoms with E-state index in [2.05, 4.69) is 27.2 Å². The van der Waals surface area contributed by atoms with Crippen molar-refractivity contribution in [2.75, 3.05) is 30.4 Å². The number of benzene rings is 1. The molecule has 2 aliphatic heterocycles.